The van der Waals surface area contributed by atoms with Crippen molar-refractivity contribution in [3.05, 3.63) is 29.3 Å². The van der Waals surface area contributed by atoms with Crippen molar-refractivity contribution in [1.29, 1.82) is 0 Å². The minimum atomic E-state index is -0.116. The van der Waals surface area contributed by atoms with Crippen molar-refractivity contribution >= 4 is 0 Å². The van der Waals surface area contributed by atoms with Crippen molar-refractivity contribution in [2.45, 2.75) is 19.9 Å². The topological polar surface area (TPSA) is 41.5 Å². The van der Waals surface area contributed by atoms with Crippen LogP contribution in [0.2, 0.25) is 0 Å². The molecule has 3 heteroatoms. The molecule has 1 atom stereocenters. The van der Waals surface area contributed by atoms with Crippen LogP contribution in [-0.2, 0) is 0 Å². The van der Waals surface area contributed by atoms with E-state index < -0.39 is 0 Å². The van der Waals surface area contributed by atoms with Crippen LogP contribution >= 0.6 is 0 Å². The van der Waals surface area contributed by atoms with Crippen molar-refractivity contribution in [2.24, 2.45) is 0 Å². The molecule has 0 aromatic heterocycles. The fourth-order valence-electron chi connectivity index (χ4n) is 1.26. The van der Waals surface area contributed by atoms with Crippen LogP contribution in [0.3, 0.4) is 0 Å². The summed E-state index contributed by atoms with van der Waals surface area (Å²) >= 11 is 0. The maximum Gasteiger partial charge on any atom is 0.123 e. The summed E-state index contributed by atoms with van der Waals surface area (Å²) in [5.41, 5.74) is 4.32. The average molecular weight is 181 g/mol. The molecule has 13 heavy (non-hydrogen) atoms. The van der Waals surface area contributed by atoms with Crippen molar-refractivity contribution in [2.75, 3.05) is 7.11 Å². The molecular weight excluding hydrogens is 166 g/mol. The third-order valence-corrected chi connectivity index (χ3v) is 2.05. The number of methoxy groups -OCH3 is 1. The van der Waals surface area contributed by atoms with E-state index in [1.165, 1.54) is 0 Å². The number of rotatable bonds is 3. The standard InChI is InChI=1S/C10H15NO2/c1-7-4-5-10(13-3)9(6-7)8(2)11-12/h4-6,8,11-12H,1-3H3. The molecule has 0 aliphatic carbocycles. The fraction of sp³-hybridized carbons (Fsp3) is 0.400. The monoisotopic (exact) mass is 181 g/mol. The Morgan fingerprint density at radius 3 is 2.69 bits per heavy atom. The summed E-state index contributed by atoms with van der Waals surface area (Å²) in [7, 11) is 1.62. The average Bonchev–Trinajstić information content (AvgIpc) is 2.16. The summed E-state index contributed by atoms with van der Waals surface area (Å²) in [4.78, 5) is 0. The first-order chi connectivity index (χ1) is 6.19. The molecule has 0 heterocycles. The van der Waals surface area contributed by atoms with Crippen molar-refractivity contribution in [1.82, 2.24) is 5.48 Å². The van der Waals surface area contributed by atoms with E-state index >= 15 is 0 Å². The van der Waals surface area contributed by atoms with Gasteiger partial charge in [0, 0.05) is 5.56 Å². The lowest BCUT2D eigenvalue weighted by Crippen LogP contribution is -2.14. The number of ether oxygens (including phenoxy) is 1. The number of benzene rings is 1. The minimum Gasteiger partial charge on any atom is -0.496 e. The Hall–Kier alpha value is -1.06. The molecule has 0 saturated carbocycles. The van der Waals surface area contributed by atoms with Gasteiger partial charge in [-0.3, -0.25) is 0 Å². The second-order valence-electron chi connectivity index (χ2n) is 3.10. The predicted octanol–water partition coefficient (Wildman–Crippen LogP) is 2.04. The van der Waals surface area contributed by atoms with E-state index in [-0.39, 0.29) is 6.04 Å². The second-order valence-corrected chi connectivity index (χ2v) is 3.10. The molecule has 1 aromatic rings. The zero-order valence-electron chi connectivity index (χ0n) is 8.16. The molecule has 72 valence electrons. The van der Waals surface area contributed by atoms with Gasteiger partial charge in [-0.25, -0.2) is 0 Å². The van der Waals surface area contributed by atoms with Crippen LogP contribution in [0, 0.1) is 6.92 Å². The fourth-order valence-corrected chi connectivity index (χ4v) is 1.26. The van der Waals surface area contributed by atoms with Crippen LogP contribution in [0.1, 0.15) is 24.1 Å². The summed E-state index contributed by atoms with van der Waals surface area (Å²) in [5.74, 6) is 0.791. The van der Waals surface area contributed by atoms with E-state index in [1.54, 1.807) is 7.11 Å². The predicted molar refractivity (Wildman–Crippen MR) is 51.1 cm³/mol. The van der Waals surface area contributed by atoms with Gasteiger partial charge in [0.25, 0.3) is 0 Å². The van der Waals surface area contributed by atoms with Crippen LogP contribution in [0.5, 0.6) is 5.75 Å². The summed E-state index contributed by atoms with van der Waals surface area (Å²) in [6.07, 6.45) is 0. The van der Waals surface area contributed by atoms with Gasteiger partial charge in [-0.05, 0) is 19.9 Å². The maximum atomic E-state index is 8.79. The summed E-state index contributed by atoms with van der Waals surface area (Å²) in [6, 6.07) is 5.76. The Bertz CT molecular complexity index is 286. The first-order valence-electron chi connectivity index (χ1n) is 4.23. The lowest BCUT2D eigenvalue weighted by Gasteiger charge is -2.14. The van der Waals surface area contributed by atoms with Crippen LogP contribution in [0.15, 0.2) is 18.2 Å². The highest BCUT2D eigenvalue weighted by Crippen LogP contribution is 2.25. The Kier molecular flexibility index (Phi) is 3.28. The first-order valence-corrected chi connectivity index (χ1v) is 4.23. The van der Waals surface area contributed by atoms with E-state index in [2.05, 4.69) is 5.48 Å². The van der Waals surface area contributed by atoms with Crippen molar-refractivity contribution in [3.8, 4) is 5.75 Å². The van der Waals surface area contributed by atoms with Crippen molar-refractivity contribution in [3.63, 3.8) is 0 Å². The quantitative estimate of drug-likeness (QED) is 0.701. The summed E-state index contributed by atoms with van der Waals surface area (Å²) in [6.45, 7) is 3.88. The highest BCUT2D eigenvalue weighted by Gasteiger charge is 2.09. The molecule has 0 aliphatic rings. The van der Waals surface area contributed by atoms with E-state index in [0.717, 1.165) is 16.9 Å². The van der Waals surface area contributed by atoms with Gasteiger partial charge >= 0.3 is 0 Å². The van der Waals surface area contributed by atoms with Crippen LogP contribution in [0.25, 0.3) is 0 Å². The zero-order valence-corrected chi connectivity index (χ0v) is 8.16. The lowest BCUT2D eigenvalue weighted by molar-refractivity contribution is 0.132. The van der Waals surface area contributed by atoms with Gasteiger partial charge in [-0.1, -0.05) is 17.7 Å². The normalized spacial score (nSPS) is 12.6. The van der Waals surface area contributed by atoms with E-state index in [1.807, 2.05) is 32.0 Å². The Labute approximate surface area is 78.3 Å². The maximum absolute atomic E-state index is 8.79. The van der Waals surface area contributed by atoms with Gasteiger partial charge in [0.2, 0.25) is 0 Å². The summed E-state index contributed by atoms with van der Waals surface area (Å²) in [5, 5.41) is 8.79. The zero-order chi connectivity index (χ0) is 9.84. The molecule has 3 nitrogen and oxygen atoms in total. The Morgan fingerprint density at radius 1 is 1.46 bits per heavy atom. The van der Waals surface area contributed by atoms with E-state index in [9.17, 15) is 0 Å². The van der Waals surface area contributed by atoms with Gasteiger partial charge < -0.3 is 9.94 Å². The molecule has 0 aliphatic heterocycles. The number of hydrogen-bond donors (Lipinski definition) is 2. The molecule has 2 N–H and O–H groups in total. The molecule has 1 aromatic carbocycles. The smallest absolute Gasteiger partial charge is 0.123 e. The van der Waals surface area contributed by atoms with Gasteiger partial charge in [0.15, 0.2) is 0 Å². The first kappa shape index (κ1) is 10.0. The molecule has 0 fully saturated rings. The lowest BCUT2D eigenvalue weighted by atomic mass is 10.1. The third-order valence-electron chi connectivity index (χ3n) is 2.05. The Balaban J connectivity index is 3.07. The van der Waals surface area contributed by atoms with E-state index in [0.29, 0.717) is 0 Å². The molecular formula is C10H15NO2. The highest BCUT2D eigenvalue weighted by molar-refractivity contribution is 5.38. The molecule has 0 amide bonds. The minimum absolute atomic E-state index is 0.116. The summed E-state index contributed by atoms with van der Waals surface area (Å²) < 4.78 is 5.17. The largest absolute Gasteiger partial charge is 0.496 e. The molecule has 1 unspecified atom stereocenters. The molecule has 0 spiro atoms. The van der Waals surface area contributed by atoms with Gasteiger partial charge in [-0.2, -0.15) is 5.48 Å². The Morgan fingerprint density at radius 2 is 2.15 bits per heavy atom. The van der Waals surface area contributed by atoms with Crippen molar-refractivity contribution < 1.29 is 9.94 Å². The van der Waals surface area contributed by atoms with Crippen LogP contribution < -0.4 is 10.2 Å². The number of aryl methyl sites for hydroxylation is 1. The number of hydrogen-bond acceptors (Lipinski definition) is 3. The van der Waals surface area contributed by atoms with Crippen LogP contribution in [-0.4, -0.2) is 12.3 Å². The van der Waals surface area contributed by atoms with E-state index in [4.69, 9.17) is 9.94 Å². The van der Waals surface area contributed by atoms with Gasteiger partial charge in [0.05, 0.1) is 13.2 Å². The molecule has 1 rings (SSSR count). The second kappa shape index (κ2) is 4.25. The third kappa shape index (κ3) is 2.20. The number of nitrogens with one attached hydrogen (secondary N) is 1. The molecule has 0 saturated heterocycles. The van der Waals surface area contributed by atoms with Gasteiger partial charge in [-0.15, -0.1) is 0 Å². The highest BCUT2D eigenvalue weighted by atomic mass is 16.5. The SMILES string of the molecule is COc1ccc(C)cc1C(C)NO. The molecule has 0 radical (unpaired) electrons. The van der Waals surface area contributed by atoms with Crippen LogP contribution in [0.4, 0.5) is 0 Å². The van der Waals surface area contributed by atoms with Gasteiger partial charge in [0.1, 0.15) is 5.75 Å². The number of hydroxylamine groups is 1. The molecule has 0 bridgehead atoms.